The van der Waals surface area contributed by atoms with Gasteiger partial charge in [-0.05, 0) is 36.8 Å². The highest BCUT2D eigenvalue weighted by atomic mass is 19.2. The first kappa shape index (κ1) is 20.3. The number of nitrogens with one attached hydrogen (secondary N) is 1. The Morgan fingerprint density at radius 3 is 2.80 bits per heavy atom. The van der Waals surface area contributed by atoms with Crippen LogP contribution in [-0.2, 0) is 10.3 Å². The average molecular weight is 422 g/mol. The minimum Gasteiger partial charge on any atom is -0.385 e. The van der Waals surface area contributed by atoms with Crippen molar-refractivity contribution in [3.63, 3.8) is 0 Å². The third kappa shape index (κ3) is 3.30. The maximum Gasteiger partial charge on any atom is 0.274 e. The Kier molecular flexibility index (Phi) is 4.97. The molecule has 2 aliphatic rings. The summed E-state index contributed by atoms with van der Waals surface area (Å²) in [7, 11) is 0. The lowest BCUT2D eigenvalue weighted by atomic mass is 9.73. The molecule has 1 aromatic heterocycles. The first-order valence-electron chi connectivity index (χ1n) is 9.19. The van der Waals surface area contributed by atoms with Crippen LogP contribution >= 0.6 is 0 Å². The van der Waals surface area contributed by atoms with E-state index < -0.39 is 47.2 Å². The fourth-order valence-corrected chi connectivity index (χ4v) is 3.90. The Morgan fingerprint density at radius 1 is 1.30 bits per heavy atom. The van der Waals surface area contributed by atoms with Gasteiger partial charge in [0.2, 0.25) is 0 Å². The number of aromatic nitrogens is 1. The van der Waals surface area contributed by atoms with Gasteiger partial charge in [0, 0.05) is 17.2 Å². The van der Waals surface area contributed by atoms with E-state index in [1.54, 1.807) is 0 Å². The second-order valence-electron chi connectivity index (χ2n) is 7.45. The number of halogens is 4. The molecule has 1 aromatic carbocycles. The van der Waals surface area contributed by atoms with Crippen molar-refractivity contribution in [1.82, 2.24) is 4.98 Å². The molecule has 158 valence electrons. The molecule has 10 heteroatoms. The Bertz CT molecular complexity index is 1020. The van der Waals surface area contributed by atoms with E-state index in [4.69, 9.17) is 10.5 Å². The number of nitrogens with zero attached hydrogens (tertiary/aromatic N) is 2. The fourth-order valence-electron chi connectivity index (χ4n) is 3.90. The monoisotopic (exact) mass is 422 g/mol. The number of rotatable bonds is 4. The number of carbonyl (C=O) groups is 1. The molecule has 0 aliphatic carbocycles. The van der Waals surface area contributed by atoms with Crippen LogP contribution in [0.2, 0.25) is 0 Å². The lowest BCUT2D eigenvalue weighted by molar-refractivity contribution is 0.102. The minimum atomic E-state index is -2.42. The van der Waals surface area contributed by atoms with E-state index >= 15 is 0 Å². The Balaban J connectivity index is 1.69. The third-order valence-corrected chi connectivity index (χ3v) is 5.53. The number of alkyl halides is 2. The second kappa shape index (κ2) is 7.35. The Labute approximate surface area is 169 Å². The van der Waals surface area contributed by atoms with Crippen LogP contribution in [0, 0.1) is 17.6 Å². The molecule has 1 saturated heterocycles. The van der Waals surface area contributed by atoms with Gasteiger partial charge in [-0.3, -0.25) is 9.79 Å². The van der Waals surface area contributed by atoms with Gasteiger partial charge in [-0.1, -0.05) is 0 Å². The quantitative estimate of drug-likeness (QED) is 0.742. The number of hydrogen-bond acceptors (Lipinski definition) is 5. The van der Waals surface area contributed by atoms with Crippen molar-refractivity contribution < 1.29 is 27.1 Å². The fraction of sp³-hybridized carbons (Fsp3) is 0.350. The number of benzene rings is 1. The van der Waals surface area contributed by atoms with Gasteiger partial charge in [0.05, 0.1) is 19.4 Å². The van der Waals surface area contributed by atoms with Gasteiger partial charge in [-0.25, -0.2) is 22.5 Å². The van der Waals surface area contributed by atoms with E-state index in [-0.39, 0.29) is 36.6 Å². The first-order chi connectivity index (χ1) is 14.3. The molecule has 0 bridgehead atoms. The van der Waals surface area contributed by atoms with E-state index in [1.807, 2.05) is 0 Å². The maximum atomic E-state index is 14.8. The molecule has 0 radical (unpaired) electrons. The largest absolute Gasteiger partial charge is 0.385 e. The molecule has 1 amide bonds. The van der Waals surface area contributed by atoms with Crippen molar-refractivity contribution in [2.24, 2.45) is 16.6 Å². The van der Waals surface area contributed by atoms with Gasteiger partial charge >= 0.3 is 0 Å². The molecule has 3 heterocycles. The predicted molar refractivity (Wildman–Crippen MR) is 101 cm³/mol. The van der Waals surface area contributed by atoms with E-state index in [0.717, 1.165) is 18.3 Å². The van der Waals surface area contributed by atoms with Crippen LogP contribution in [0.5, 0.6) is 0 Å². The molecule has 3 atom stereocenters. The Morgan fingerprint density at radius 2 is 2.10 bits per heavy atom. The van der Waals surface area contributed by atoms with E-state index in [2.05, 4.69) is 15.3 Å². The van der Waals surface area contributed by atoms with Crippen LogP contribution < -0.4 is 11.1 Å². The van der Waals surface area contributed by atoms with Crippen LogP contribution in [0.3, 0.4) is 0 Å². The van der Waals surface area contributed by atoms with Crippen molar-refractivity contribution in [2.75, 3.05) is 25.2 Å². The smallest absolute Gasteiger partial charge is 0.274 e. The van der Waals surface area contributed by atoms with E-state index in [1.165, 1.54) is 18.2 Å². The van der Waals surface area contributed by atoms with Gasteiger partial charge in [0.1, 0.15) is 35.4 Å². The van der Waals surface area contributed by atoms with Crippen molar-refractivity contribution in [2.45, 2.75) is 17.6 Å². The molecule has 6 nitrogen and oxygen atoms in total. The van der Waals surface area contributed by atoms with Crippen molar-refractivity contribution in [3.8, 4) is 0 Å². The number of pyridine rings is 1. The zero-order valence-corrected chi connectivity index (χ0v) is 15.7. The molecule has 4 rings (SSSR count). The molecular formula is C20H18F4N4O2. The van der Waals surface area contributed by atoms with E-state index in [0.29, 0.717) is 0 Å². The highest BCUT2D eigenvalue weighted by Crippen LogP contribution is 2.48. The van der Waals surface area contributed by atoms with E-state index in [9.17, 15) is 22.4 Å². The number of fused-ring (bicyclic) bond motifs is 1. The summed E-state index contributed by atoms with van der Waals surface area (Å²) < 4.78 is 61.2. The molecule has 2 unspecified atom stereocenters. The zero-order valence-electron chi connectivity index (χ0n) is 15.7. The van der Waals surface area contributed by atoms with Crippen LogP contribution in [-0.4, -0.2) is 42.3 Å². The number of amidine groups is 1. The highest BCUT2D eigenvalue weighted by molar-refractivity contribution is 6.02. The maximum absolute atomic E-state index is 14.8. The first-order valence-corrected chi connectivity index (χ1v) is 9.19. The van der Waals surface area contributed by atoms with Crippen LogP contribution in [0.1, 0.15) is 22.5 Å². The molecule has 2 aromatic rings. The number of amides is 1. The second-order valence-corrected chi connectivity index (χ2v) is 7.45. The van der Waals surface area contributed by atoms with Crippen molar-refractivity contribution in [3.05, 3.63) is 59.4 Å². The summed E-state index contributed by atoms with van der Waals surface area (Å²) in [5.74, 6) is -3.05. The van der Waals surface area contributed by atoms with Gasteiger partial charge in [0.25, 0.3) is 5.91 Å². The summed E-state index contributed by atoms with van der Waals surface area (Å²) >= 11 is 0. The number of hydrogen-bond donors (Lipinski definition) is 2. The molecule has 0 spiro atoms. The van der Waals surface area contributed by atoms with Crippen LogP contribution in [0.4, 0.5) is 23.2 Å². The standard InChI is InChI=1S/C20H18F4N4O2/c21-9-19(24)6-11-8-30-10-20(11,28-18(19)25)14-5-13(2-3-15(14)23)27-17(29)16-4-1-12(22)7-26-16/h1-5,7,11H,6,8-10H2,(H2,25,28)(H,27,29)/t11?,19?,20-/m0/s1. The molecule has 3 N–H and O–H groups in total. The average Bonchev–Trinajstić information content (AvgIpc) is 3.13. The zero-order chi connectivity index (χ0) is 21.5. The topological polar surface area (TPSA) is 89.6 Å². The normalized spacial score (nSPS) is 28.0. The van der Waals surface area contributed by atoms with Crippen molar-refractivity contribution >= 4 is 17.4 Å². The predicted octanol–water partition coefficient (Wildman–Crippen LogP) is 2.89. The highest BCUT2D eigenvalue weighted by Gasteiger charge is 2.56. The Hall–Kier alpha value is -3.01. The lowest BCUT2D eigenvalue weighted by Gasteiger charge is -2.40. The summed E-state index contributed by atoms with van der Waals surface area (Å²) in [5.41, 5.74) is 2.20. The SMILES string of the molecule is NC1=N[C@@]2(c3cc(NC(=O)c4ccc(F)cn4)ccc3F)COCC2CC1(F)CF. The summed E-state index contributed by atoms with van der Waals surface area (Å²) in [6, 6.07) is 6.11. The van der Waals surface area contributed by atoms with Crippen LogP contribution in [0.15, 0.2) is 41.5 Å². The number of aliphatic imine (C=N–C) groups is 1. The molecular weight excluding hydrogens is 404 g/mol. The number of nitrogens with two attached hydrogens (primary N) is 1. The summed E-state index contributed by atoms with van der Waals surface area (Å²) in [6.45, 7) is -1.33. The van der Waals surface area contributed by atoms with Crippen LogP contribution in [0.25, 0.3) is 0 Å². The molecule has 1 fully saturated rings. The number of ether oxygens (including phenoxy) is 1. The molecule has 2 aliphatic heterocycles. The summed E-state index contributed by atoms with van der Waals surface area (Å²) in [5, 5.41) is 2.55. The van der Waals surface area contributed by atoms with Gasteiger partial charge in [0.15, 0.2) is 5.67 Å². The number of carbonyl (C=O) groups excluding carboxylic acids is 1. The van der Waals surface area contributed by atoms with Crippen molar-refractivity contribution in [1.29, 1.82) is 0 Å². The summed E-state index contributed by atoms with van der Waals surface area (Å²) in [6.07, 6.45) is 0.604. The van der Waals surface area contributed by atoms with Gasteiger partial charge in [-0.2, -0.15) is 0 Å². The lowest BCUT2D eigenvalue weighted by Crippen LogP contribution is -2.53. The summed E-state index contributed by atoms with van der Waals surface area (Å²) in [4.78, 5) is 20.2. The minimum absolute atomic E-state index is 0.0346. The number of anilines is 1. The molecule has 30 heavy (non-hydrogen) atoms. The van der Waals surface area contributed by atoms with Gasteiger partial charge in [-0.15, -0.1) is 0 Å². The molecule has 0 saturated carbocycles. The third-order valence-electron chi connectivity index (χ3n) is 5.53. The van der Waals surface area contributed by atoms with Gasteiger partial charge < -0.3 is 15.8 Å².